The summed E-state index contributed by atoms with van der Waals surface area (Å²) in [5.74, 6) is -2.32. The molecule has 0 fully saturated rings. The minimum absolute atomic E-state index is 0.0991. The van der Waals surface area contributed by atoms with Crippen LogP contribution in [0, 0.1) is 6.92 Å². The molecule has 0 aromatic heterocycles. The fraction of sp³-hybridized carbons (Fsp3) is 0.192. The Kier molecular flexibility index (Phi) is 6.09. The van der Waals surface area contributed by atoms with Crippen molar-refractivity contribution in [2.24, 2.45) is 0 Å². The van der Waals surface area contributed by atoms with Gasteiger partial charge in [0.25, 0.3) is 0 Å². The summed E-state index contributed by atoms with van der Waals surface area (Å²) >= 11 is 0. The highest BCUT2D eigenvalue weighted by atomic mass is 16.4. The van der Waals surface area contributed by atoms with Crippen LogP contribution in [0.15, 0.2) is 57.7 Å². The van der Waals surface area contributed by atoms with Gasteiger partial charge in [0.05, 0.1) is 5.69 Å². The van der Waals surface area contributed by atoms with E-state index in [0.29, 0.717) is 28.0 Å². The first-order valence-corrected chi connectivity index (χ1v) is 10.8. The molecule has 1 aliphatic carbocycles. The van der Waals surface area contributed by atoms with Gasteiger partial charge < -0.3 is 29.5 Å². The lowest BCUT2D eigenvalue weighted by atomic mass is 9.90. The normalized spacial score (nSPS) is 11.1. The van der Waals surface area contributed by atoms with Crippen LogP contribution < -0.4 is 15.2 Å². The number of benzene rings is 3. The van der Waals surface area contributed by atoms with Gasteiger partial charge in [-0.3, -0.25) is 14.4 Å². The van der Waals surface area contributed by atoms with Crippen molar-refractivity contribution in [3.05, 3.63) is 64.3 Å². The smallest absolute Gasteiger partial charge is 0.323 e. The first kappa shape index (κ1) is 23.6. The zero-order valence-corrected chi connectivity index (χ0v) is 19.4. The van der Waals surface area contributed by atoms with Gasteiger partial charge in [0.1, 0.15) is 30.2 Å². The molecule has 2 aromatic rings. The molecule has 0 spiro atoms. The molecule has 4 rings (SSSR count). The van der Waals surface area contributed by atoms with Gasteiger partial charge in [0.15, 0.2) is 5.43 Å². The number of rotatable bonds is 7. The first-order chi connectivity index (χ1) is 16.5. The Bertz CT molecular complexity index is 1470. The van der Waals surface area contributed by atoms with E-state index >= 15 is 0 Å². The molecule has 0 saturated carbocycles. The maximum Gasteiger partial charge on any atom is 0.323 e. The molecule has 0 atom stereocenters. The zero-order chi connectivity index (χ0) is 25.4. The van der Waals surface area contributed by atoms with E-state index in [2.05, 4.69) is 0 Å². The molecular formula is C26H24N2O7. The number of hydrogen-bond acceptors (Lipinski definition) is 7. The van der Waals surface area contributed by atoms with Crippen molar-refractivity contribution in [2.75, 3.05) is 37.0 Å². The van der Waals surface area contributed by atoms with E-state index < -0.39 is 25.0 Å². The number of phenols is 1. The molecule has 0 unspecified atom stereocenters. The van der Waals surface area contributed by atoms with Crippen LogP contribution in [0.25, 0.3) is 33.4 Å². The molecular weight excluding hydrogens is 452 g/mol. The summed E-state index contributed by atoms with van der Waals surface area (Å²) in [5, 5.41) is 30.1. The highest BCUT2D eigenvalue weighted by Gasteiger charge is 2.23. The van der Waals surface area contributed by atoms with Crippen molar-refractivity contribution in [1.82, 2.24) is 0 Å². The van der Waals surface area contributed by atoms with Crippen LogP contribution in [0.4, 0.5) is 11.4 Å². The van der Waals surface area contributed by atoms with Gasteiger partial charge in [0, 0.05) is 48.4 Å². The number of carboxylic acids is 2. The van der Waals surface area contributed by atoms with Gasteiger partial charge in [0.2, 0.25) is 0 Å². The van der Waals surface area contributed by atoms with Crippen molar-refractivity contribution in [3.8, 4) is 28.2 Å². The molecule has 9 nitrogen and oxygen atoms in total. The van der Waals surface area contributed by atoms with Gasteiger partial charge in [-0.15, -0.1) is 0 Å². The Labute approximate surface area is 200 Å². The average Bonchev–Trinajstić information content (AvgIpc) is 2.77. The fourth-order valence-corrected chi connectivity index (χ4v) is 4.18. The molecule has 3 N–H and O–H groups in total. The van der Waals surface area contributed by atoms with Gasteiger partial charge >= 0.3 is 11.9 Å². The summed E-state index contributed by atoms with van der Waals surface area (Å²) in [5.41, 5.74) is 4.05. The molecule has 9 heteroatoms. The van der Waals surface area contributed by atoms with Crippen LogP contribution in [0.5, 0.6) is 5.75 Å². The van der Waals surface area contributed by atoms with Crippen molar-refractivity contribution < 1.29 is 29.3 Å². The third-order valence-corrected chi connectivity index (χ3v) is 5.78. The summed E-state index contributed by atoms with van der Waals surface area (Å²) in [7, 11) is 3.81. The molecule has 0 radical (unpaired) electrons. The van der Waals surface area contributed by atoms with Crippen LogP contribution in [-0.2, 0) is 9.59 Å². The SMILES string of the molecule is Cc1cc(N(CC(=O)O)CC(=O)O)c(O)cc1-c1c2ccc(=O)cc-2oc2cc(N(C)C)ccc12. The van der Waals surface area contributed by atoms with E-state index in [9.17, 15) is 29.7 Å². The number of nitrogens with zero attached hydrogens (tertiary/aromatic N) is 2. The lowest BCUT2D eigenvalue weighted by Crippen LogP contribution is -2.34. The minimum atomic E-state index is -1.22. The second-order valence-corrected chi connectivity index (χ2v) is 8.51. The summed E-state index contributed by atoms with van der Waals surface area (Å²) in [4.78, 5) is 37.6. The Morgan fingerprint density at radius 2 is 1.60 bits per heavy atom. The highest BCUT2D eigenvalue weighted by Crippen LogP contribution is 2.44. The van der Waals surface area contributed by atoms with Crippen LogP contribution in [-0.4, -0.2) is 54.4 Å². The maximum absolute atomic E-state index is 12.0. The number of carbonyl (C=O) groups is 2. The van der Waals surface area contributed by atoms with Crippen LogP contribution in [0.3, 0.4) is 0 Å². The van der Waals surface area contributed by atoms with Gasteiger partial charge in [-0.2, -0.15) is 0 Å². The molecule has 0 amide bonds. The summed E-state index contributed by atoms with van der Waals surface area (Å²) in [6.07, 6.45) is 0. The lowest BCUT2D eigenvalue weighted by Gasteiger charge is -2.24. The standard InChI is InChI=1S/C26H24N2O7/c1-14-8-20(28(12-24(31)32)13-25(33)34)21(30)11-19(14)26-17-6-4-15(27(2)3)9-22(17)35-23-10-16(29)5-7-18(23)26/h4-11,30H,12-13H2,1-3H3,(H,31,32)(H,33,34). The quantitative estimate of drug-likeness (QED) is 0.342. The predicted molar refractivity (Wildman–Crippen MR) is 133 cm³/mol. The van der Waals surface area contributed by atoms with E-state index in [-0.39, 0.29) is 16.9 Å². The maximum atomic E-state index is 12.0. The van der Waals surface area contributed by atoms with Crippen LogP contribution in [0.2, 0.25) is 0 Å². The molecule has 35 heavy (non-hydrogen) atoms. The van der Waals surface area contributed by atoms with Gasteiger partial charge in [-0.05, 0) is 54.4 Å². The third kappa shape index (κ3) is 4.61. The van der Waals surface area contributed by atoms with Gasteiger partial charge in [-0.25, -0.2) is 0 Å². The Balaban J connectivity index is 1.99. The summed E-state index contributed by atoms with van der Waals surface area (Å²) in [6, 6.07) is 13.3. The molecule has 2 aromatic carbocycles. The number of hydrogen-bond donors (Lipinski definition) is 3. The molecule has 2 aliphatic rings. The zero-order valence-electron chi connectivity index (χ0n) is 19.4. The Morgan fingerprint density at radius 3 is 2.23 bits per heavy atom. The fourth-order valence-electron chi connectivity index (χ4n) is 4.18. The number of carboxylic acid groups (broad SMARTS) is 2. The van der Waals surface area contributed by atoms with Crippen LogP contribution in [0.1, 0.15) is 5.56 Å². The minimum Gasteiger partial charge on any atom is -0.506 e. The molecule has 1 heterocycles. The summed E-state index contributed by atoms with van der Waals surface area (Å²) < 4.78 is 6.07. The first-order valence-electron chi connectivity index (χ1n) is 10.8. The lowest BCUT2D eigenvalue weighted by molar-refractivity contribution is -0.136. The number of aryl methyl sites for hydroxylation is 1. The average molecular weight is 476 g/mol. The second kappa shape index (κ2) is 9.02. The van der Waals surface area contributed by atoms with E-state index in [0.717, 1.165) is 21.5 Å². The van der Waals surface area contributed by atoms with E-state index in [1.807, 2.05) is 37.2 Å². The summed E-state index contributed by atoms with van der Waals surface area (Å²) in [6.45, 7) is 0.610. The van der Waals surface area contributed by atoms with Crippen molar-refractivity contribution in [3.63, 3.8) is 0 Å². The van der Waals surface area contributed by atoms with Crippen molar-refractivity contribution >= 4 is 34.3 Å². The van der Waals surface area contributed by atoms with E-state index in [1.165, 1.54) is 18.2 Å². The monoisotopic (exact) mass is 476 g/mol. The Morgan fingerprint density at radius 1 is 0.914 bits per heavy atom. The highest BCUT2D eigenvalue weighted by molar-refractivity contribution is 6.04. The number of phenolic OH excluding ortho intramolecular Hbond substituents is 1. The van der Waals surface area contributed by atoms with Crippen molar-refractivity contribution in [1.29, 1.82) is 0 Å². The second-order valence-electron chi connectivity index (χ2n) is 8.51. The van der Waals surface area contributed by atoms with E-state index in [4.69, 9.17) is 4.42 Å². The number of fused-ring (bicyclic) bond motifs is 2. The number of anilines is 2. The number of aliphatic carboxylic acids is 2. The number of aromatic hydroxyl groups is 1. The largest absolute Gasteiger partial charge is 0.506 e. The van der Waals surface area contributed by atoms with Gasteiger partial charge in [-0.1, -0.05) is 0 Å². The topological polar surface area (TPSA) is 132 Å². The third-order valence-electron chi connectivity index (χ3n) is 5.78. The van der Waals surface area contributed by atoms with Crippen LogP contribution >= 0.6 is 0 Å². The predicted octanol–water partition coefficient (Wildman–Crippen LogP) is 3.62. The van der Waals surface area contributed by atoms with E-state index in [1.54, 1.807) is 19.1 Å². The molecule has 180 valence electrons. The molecule has 1 aliphatic heterocycles. The van der Waals surface area contributed by atoms with Crippen molar-refractivity contribution in [2.45, 2.75) is 6.92 Å². The Hall–Kier alpha value is -4.53. The molecule has 0 bridgehead atoms. The molecule has 0 saturated heterocycles.